The van der Waals surface area contributed by atoms with Crippen molar-refractivity contribution in [2.24, 2.45) is 0 Å². The molecule has 0 aliphatic rings. The molecule has 0 amide bonds. The lowest BCUT2D eigenvalue weighted by Gasteiger charge is -1.93. The van der Waals surface area contributed by atoms with Gasteiger partial charge in [-0.3, -0.25) is 0 Å². The predicted molar refractivity (Wildman–Crippen MR) is 84.7 cm³/mol. The van der Waals surface area contributed by atoms with Crippen LogP contribution in [-0.2, 0) is 0 Å². The van der Waals surface area contributed by atoms with Crippen LogP contribution < -0.4 is 4.74 Å². The summed E-state index contributed by atoms with van der Waals surface area (Å²) in [7, 11) is 1.66. The van der Waals surface area contributed by atoms with Crippen molar-refractivity contribution in [2.45, 2.75) is 19.7 Å². The lowest BCUT2D eigenvalue weighted by atomic mass is 10.3. The minimum atomic E-state index is 0. The Balaban J connectivity index is 0. The van der Waals surface area contributed by atoms with Gasteiger partial charge in [-0.1, -0.05) is 51.3 Å². The van der Waals surface area contributed by atoms with Crippen LogP contribution in [0.3, 0.4) is 0 Å². The van der Waals surface area contributed by atoms with Gasteiger partial charge in [0.15, 0.2) is 0 Å². The molecule has 0 saturated heterocycles. The van der Waals surface area contributed by atoms with Gasteiger partial charge in [0.25, 0.3) is 0 Å². The zero-order valence-electron chi connectivity index (χ0n) is 9.59. The Morgan fingerprint density at radius 2 is 1.22 bits per heavy atom. The van der Waals surface area contributed by atoms with Crippen molar-refractivity contribution in [2.75, 3.05) is 13.4 Å². The second-order valence-corrected chi connectivity index (χ2v) is 3.91. The van der Waals surface area contributed by atoms with E-state index in [4.69, 9.17) is 4.74 Å². The van der Waals surface area contributed by atoms with Crippen molar-refractivity contribution in [1.82, 2.24) is 0 Å². The van der Waals surface area contributed by atoms with Crippen molar-refractivity contribution in [3.8, 4) is 5.75 Å². The molecule has 0 bridgehead atoms. The number of ether oxygens (including phenoxy) is 1. The molecule has 0 aliphatic carbocycles. The largest absolute Gasteiger partial charge is 0.497 e. The molecule has 0 fully saturated rings. The first-order valence-corrected chi connectivity index (χ1v) is 6.27. The summed E-state index contributed by atoms with van der Waals surface area (Å²) in [6, 6.07) is 20.0. The summed E-state index contributed by atoms with van der Waals surface area (Å²) >= 11 is 1.77. The van der Waals surface area contributed by atoms with Crippen molar-refractivity contribution in [3.63, 3.8) is 0 Å². The van der Waals surface area contributed by atoms with Gasteiger partial charge in [0.2, 0.25) is 0 Å². The molecule has 0 aromatic heterocycles. The van der Waals surface area contributed by atoms with Crippen molar-refractivity contribution in [1.29, 1.82) is 0 Å². The van der Waals surface area contributed by atoms with Crippen molar-refractivity contribution >= 4 is 11.8 Å². The Bertz CT molecular complexity index is 333. The van der Waals surface area contributed by atoms with E-state index >= 15 is 0 Å². The maximum atomic E-state index is 4.91. The van der Waals surface area contributed by atoms with Gasteiger partial charge in [0, 0.05) is 4.90 Å². The lowest BCUT2D eigenvalue weighted by molar-refractivity contribution is 0.415. The number of rotatable bonds is 2. The zero-order valence-corrected chi connectivity index (χ0v) is 10.4. The quantitative estimate of drug-likeness (QED) is 0.674. The van der Waals surface area contributed by atoms with Crippen molar-refractivity contribution < 1.29 is 4.74 Å². The van der Waals surface area contributed by atoms with E-state index in [0.717, 1.165) is 5.75 Å². The highest BCUT2D eigenvalue weighted by molar-refractivity contribution is 7.98. The van der Waals surface area contributed by atoms with E-state index in [9.17, 15) is 0 Å². The van der Waals surface area contributed by atoms with Gasteiger partial charge in [0.05, 0.1) is 7.11 Å². The monoisotopic (exact) mass is 264 g/mol. The van der Waals surface area contributed by atoms with Crippen LogP contribution in [0.25, 0.3) is 0 Å². The summed E-state index contributed by atoms with van der Waals surface area (Å²) in [4.78, 5) is 1.33. The van der Waals surface area contributed by atoms with Crippen LogP contribution in [-0.4, -0.2) is 13.4 Å². The molecule has 0 aliphatic heterocycles. The summed E-state index contributed by atoms with van der Waals surface area (Å²) < 4.78 is 4.91. The maximum absolute atomic E-state index is 4.91. The van der Waals surface area contributed by atoms with Gasteiger partial charge in [0.1, 0.15) is 5.75 Å². The number of hydrogen-bond donors (Lipinski definition) is 0. The molecular weight excluding hydrogens is 240 g/mol. The topological polar surface area (TPSA) is 9.23 Å². The van der Waals surface area contributed by atoms with Crippen LogP contribution in [0.4, 0.5) is 0 Å². The second kappa shape index (κ2) is 12.1. The summed E-state index contributed by atoms with van der Waals surface area (Å²) in [6.45, 7) is 0. The third kappa shape index (κ3) is 7.80. The highest BCUT2D eigenvalue weighted by atomic mass is 32.2. The van der Waals surface area contributed by atoms with Gasteiger partial charge in [-0.15, -0.1) is 11.8 Å². The van der Waals surface area contributed by atoms with Crippen LogP contribution in [0.15, 0.2) is 65.6 Å². The Morgan fingerprint density at radius 3 is 1.50 bits per heavy atom. The van der Waals surface area contributed by atoms with Crippen LogP contribution >= 0.6 is 11.8 Å². The molecule has 2 aromatic rings. The molecule has 0 atom stereocenters. The van der Waals surface area contributed by atoms with Crippen LogP contribution in [0.2, 0.25) is 0 Å². The summed E-state index contributed by atoms with van der Waals surface area (Å²) in [6.07, 6.45) is 2.08. The molecule has 0 N–H and O–H groups in total. The first kappa shape index (κ1) is 18.9. The smallest absolute Gasteiger partial charge is 0.118 e. The number of benzene rings is 2. The van der Waals surface area contributed by atoms with E-state index in [0.29, 0.717) is 0 Å². The Labute approximate surface area is 116 Å². The standard InChI is InChI=1S/C7H8O.C7H8S.2CH4/c2*1-8-7-5-3-2-4-6-7;;/h2*2-6H,1H3;2*1H4. The number of para-hydroxylation sites is 1. The minimum absolute atomic E-state index is 0. The summed E-state index contributed by atoms with van der Waals surface area (Å²) in [5.41, 5.74) is 0. The average Bonchev–Trinajstić information content (AvgIpc) is 2.41. The molecule has 2 aromatic carbocycles. The van der Waals surface area contributed by atoms with E-state index in [-0.39, 0.29) is 14.9 Å². The van der Waals surface area contributed by atoms with Crippen LogP contribution in [0.5, 0.6) is 5.75 Å². The molecule has 1 nitrogen and oxygen atoms in total. The van der Waals surface area contributed by atoms with Crippen LogP contribution in [0, 0.1) is 0 Å². The molecule has 2 heteroatoms. The predicted octanol–water partition coefficient (Wildman–Crippen LogP) is 5.38. The second-order valence-electron chi connectivity index (χ2n) is 3.03. The highest BCUT2D eigenvalue weighted by Gasteiger charge is 1.81. The SMILES string of the molecule is C.C.COc1ccccc1.CSc1ccccc1. The first-order chi connectivity index (χ1) is 7.86. The normalized spacial score (nSPS) is 7.89. The fourth-order valence-electron chi connectivity index (χ4n) is 1.11. The lowest BCUT2D eigenvalue weighted by Crippen LogP contribution is -1.78. The summed E-state index contributed by atoms with van der Waals surface area (Å²) in [5.74, 6) is 0.910. The third-order valence-electron chi connectivity index (χ3n) is 1.96. The average molecular weight is 264 g/mol. The van der Waals surface area contributed by atoms with Gasteiger partial charge >= 0.3 is 0 Å². The fraction of sp³-hybridized carbons (Fsp3) is 0.250. The maximum Gasteiger partial charge on any atom is 0.118 e. The van der Waals surface area contributed by atoms with Gasteiger partial charge < -0.3 is 4.74 Å². The van der Waals surface area contributed by atoms with E-state index < -0.39 is 0 Å². The van der Waals surface area contributed by atoms with E-state index in [2.05, 4.69) is 18.4 Å². The Hall–Kier alpha value is -1.41. The van der Waals surface area contributed by atoms with E-state index in [1.54, 1.807) is 18.9 Å². The Kier molecular flexibility index (Phi) is 12.7. The zero-order chi connectivity index (χ0) is 11.6. The minimum Gasteiger partial charge on any atom is -0.497 e. The molecule has 18 heavy (non-hydrogen) atoms. The van der Waals surface area contributed by atoms with Crippen molar-refractivity contribution in [3.05, 3.63) is 60.7 Å². The number of methoxy groups -OCH3 is 1. The molecule has 100 valence electrons. The molecule has 0 spiro atoms. The molecule has 0 unspecified atom stereocenters. The Morgan fingerprint density at radius 1 is 0.778 bits per heavy atom. The van der Waals surface area contributed by atoms with Crippen LogP contribution in [0.1, 0.15) is 14.9 Å². The number of thioether (sulfide) groups is 1. The molecule has 0 heterocycles. The summed E-state index contributed by atoms with van der Waals surface area (Å²) in [5, 5.41) is 0. The number of hydrogen-bond acceptors (Lipinski definition) is 2. The first-order valence-electron chi connectivity index (χ1n) is 5.05. The van der Waals surface area contributed by atoms with Gasteiger partial charge in [-0.25, -0.2) is 0 Å². The van der Waals surface area contributed by atoms with Gasteiger partial charge in [-0.05, 0) is 30.5 Å². The fourth-order valence-corrected chi connectivity index (χ4v) is 1.54. The molecule has 2 rings (SSSR count). The molecular formula is C16H24OS. The van der Waals surface area contributed by atoms with Gasteiger partial charge in [-0.2, -0.15) is 0 Å². The molecule has 0 radical (unpaired) electrons. The third-order valence-corrected chi connectivity index (χ3v) is 2.70. The van der Waals surface area contributed by atoms with E-state index in [1.807, 2.05) is 48.5 Å². The van der Waals surface area contributed by atoms with E-state index in [1.165, 1.54) is 4.90 Å². The molecule has 0 saturated carbocycles. The highest BCUT2D eigenvalue weighted by Crippen LogP contribution is 2.11.